The summed E-state index contributed by atoms with van der Waals surface area (Å²) in [5, 5.41) is 0. The lowest BCUT2D eigenvalue weighted by Crippen LogP contribution is -2.28. The molecule has 12 aromatic carbocycles. The molecule has 0 bridgehead atoms. The lowest BCUT2D eigenvalue weighted by molar-refractivity contribution is 0.157. The summed E-state index contributed by atoms with van der Waals surface area (Å²) in [7, 11) is -12.3. The first-order chi connectivity index (χ1) is 70.7. The van der Waals surface area contributed by atoms with E-state index in [9.17, 15) is 25.3 Å². The summed E-state index contributed by atoms with van der Waals surface area (Å²) in [4.78, 5) is 0.325. The summed E-state index contributed by atoms with van der Waals surface area (Å²) in [5.41, 5.74) is 18.5. The molecule has 0 N–H and O–H groups in total. The van der Waals surface area contributed by atoms with Crippen molar-refractivity contribution >= 4 is 101 Å². The highest BCUT2D eigenvalue weighted by Crippen LogP contribution is 2.52. The van der Waals surface area contributed by atoms with Crippen LogP contribution >= 0.6 is 0 Å². The minimum atomic E-state index is -4.14. The predicted octanol–water partition coefficient (Wildman–Crippen LogP) is 27.7. The van der Waals surface area contributed by atoms with Gasteiger partial charge in [-0.1, -0.05) is 122 Å². The summed E-state index contributed by atoms with van der Waals surface area (Å²) in [5.74, 6) is 9.83. The fourth-order valence-electron chi connectivity index (χ4n) is 18.0. The second-order valence-electron chi connectivity index (χ2n) is 39.2. The Morgan fingerprint density at radius 2 is 0.696 bits per heavy atom. The molecule has 0 saturated carbocycles. The van der Waals surface area contributed by atoms with E-state index in [2.05, 4.69) is 83.3 Å². The largest absolute Gasteiger partial charge is 0.494 e. The van der Waals surface area contributed by atoms with E-state index in [1.165, 1.54) is 12.1 Å². The fraction of sp³-hybridized carbons (Fsp3) is 0.252. The molecule has 764 valence electrons. The second-order valence-corrected chi connectivity index (χ2v) is 43.8. The van der Waals surface area contributed by atoms with Gasteiger partial charge in [0.1, 0.15) is 158 Å². The molecule has 0 fully saturated rings. The maximum atomic E-state index is 13.6. The van der Waals surface area contributed by atoms with Gasteiger partial charge in [0.25, 0.3) is 0 Å². The minimum Gasteiger partial charge on any atom is -0.494 e. The van der Waals surface area contributed by atoms with E-state index in [-0.39, 0.29) is 81.8 Å². The van der Waals surface area contributed by atoms with Crippen molar-refractivity contribution in [2.75, 3.05) is 52.9 Å². The van der Waals surface area contributed by atoms with Crippen LogP contribution in [-0.4, -0.2) is 101 Å². The van der Waals surface area contributed by atoms with Crippen LogP contribution in [-0.2, 0) is 37.0 Å². The molecule has 0 aromatic heterocycles. The lowest BCUT2D eigenvalue weighted by Gasteiger charge is -2.31. The Morgan fingerprint density at radius 3 is 1.09 bits per heavy atom. The molecule has 0 aliphatic carbocycles. The summed E-state index contributed by atoms with van der Waals surface area (Å²) in [6, 6.07) is 62.3. The first-order valence-corrected chi connectivity index (χ1v) is 53.5. The Hall–Kier alpha value is -15.3. The normalized spacial score (nSPS) is 15.4. The van der Waals surface area contributed by atoms with Gasteiger partial charge in [-0.2, -0.15) is 25.3 Å². The molecule has 0 amide bonds. The van der Waals surface area contributed by atoms with Crippen LogP contribution in [0.4, 0.5) is 0 Å². The molecule has 0 saturated heterocycles. The molecule has 22 nitrogen and oxygen atoms in total. The first kappa shape index (κ1) is 104. The summed E-state index contributed by atoms with van der Waals surface area (Å²) in [6.45, 7) is 42.3. The summed E-state index contributed by atoms with van der Waals surface area (Å²) >= 11 is 0. The average Bonchev–Trinajstić information content (AvgIpc) is 1.53. The van der Waals surface area contributed by atoms with Crippen LogP contribution in [0.3, 0.4) is 0 Å². The number of ether oxygens (including phenoxy) is 13. The van der Waals surface area contributed by atoms with Gasteiger partial charge in [-0.15, -0.1) is 0 Å². The molecule has 25 heteroatoms. The van der Waals surface area contributed by atoms with Crippen molar-refractivity contribution < 1.29 is 99.4 Å². The molecular formula is C123H122O22S3. The molecular weight excluding hydrogens is 1930 g/mol. The van der Waals surface area contributed by atoms with Crippen molar-refractivity contribution in [3.05, 3.63) is 362 Å². The summed E-state index contributed by atoms with van der Waals surface area (Å²) in [6.07, 6.45) is 29.6. The average molecular weight is 2050 g/mol. The highest BCUT2D eigenvalue weighted by molar-refractivity contribution is 7.87. The Morgan fingerprint density at radius 1 is 0.338 bits per heavy atom. The van der Waals surface area contributed by atoms with Crippen LogP contribution in [0, 0.1) is 41.5 Å². The number of unbranched alkanes of at least 4 members (excludes halogenated alkanes) is 1. The zero-order chi connectivity index (χ0) is 105. The second kappa shape index (κ2) is 43.4. The molecule has 0 atom stereocenters. The van der Waals surface area contributed by atoms with E-state index in [0.717, 1.165) is 171 Å². The third kappa shape index (κ3) is 24.2. The number of hydrogen-bond acceptors (Lipinski definition) is 22. The van der Waals surface area contributed by atoms with Crippen LogP contribution in [0.15, 0.2) is 271 Å². The van der Waals surface area contributed by atoms with Gasteiger partial charge in [0.2, 0.25) is 0 Å². The van der Waals surface area contributed by atoms with Gasteiger partial charge in [-0.05, 0) is 321 Å². The Balaban J connectivity index is 0.000000135. The lowest BCUT2D eigenvalue weighted by atomic mass is 9.92. The van der Waals surface area contributed by atoms with Crippen molar-refractivity contribution in [2.45, 2.75) is 167 Å². The molecule has 8 aliphatic rings. The molecule has 8 heterocycles. The molecule has 148 heavy (non-hydrogen) atoms. The topological polar surface area (TPSA) is 250 Å². The van der Waals surface area contributed by atoms with Gasteiger partial charge in [0, 0.05) is 91.1 Å². The first-order valence-electron chi connectivity index (χ1n) is 49.3. The van der Waals surface area contributed by atoms with Crippen LogP contribution in [0.25, 0.3) is 70.9 Å². The summed E-state index contributed by atoms with van der Waals surface area (Å²) < 4.78 is 176. The number of aryl methyl sites for hydroxylation is 6. The van der Waals surface area contributed by atoms with Gasteiger partial charge in [-0.3, -0.25) is 0 Å². The fourth-order valence-corrected chi connectivity index (χ4v) is 21.3. The van der Waals surface area contributed by atoms with E-state index in [0.29, 0.717) is 71.5 Å². The van der Waals surface area contributed by atoms with Crippen LogP contribution in [0.1, 0.15) is 188 Å². The van der Waals surface area contributed by atoms with Gasteiger partial charge in [0.05, 0.1) is 35.5 Å². The molecule has 0 radical (unpaired) electrons. The van der Waals surface area contributed by atoms with Crippen molar-refractivity contribution in [3.8, 4) is 92.0 Å². The third-order valence-electron chi connectivity index (χ3n) is 25.3. The number of rotatable bonds is 28. The number of benzene rings is 12. The zero-order valence-electron chi connectivity index (χ0n) is 86.1. The van der Waals surface area contributed by atoms with Crippen molar-refractivity contribution in [1.29, 1.82) is 0 Å². The standard InChI is InChI=1S/C32H32O6S.C31H32O6S.C30H28O6S.C30H30O4/c1-7-14-35-25-9-10-26(29(18-25)38-39(33,34)31-21(3)15-20(2)16-22(31)4)24-17-23-8-11-28-27(30(23)36-19-24)12-13-32(5,6)37-28;1-5-6-17-34-24-10-13-26(29(19-24)37-38(32,33)25-11-7-21(2)8-12-25)23-18-22-9-14-28-27(30(22)35-20-23)15-16-31(3,4)36-28;1-5-16-33-23-9-12-25(28(18-23)36-37(31,32)24-10-6-20(2)7-11-24)22-17-21-8-13-27-26(29(21)34-19-22)14-15-30(3,4)35-27;1-5-31-23-11-12-24(27(17-23)32-18-21-9-7-6-8-10-21)22-16-26-20(2)15-28-25(29(26)33-19-22)13-14-30(3,4)34-28/h7-13,15-18H,1,14,19H2,2-6H3;7-16,18-19H,5-6,17,20H2,1-4H3;5-15,17-18H,1,16,19H2,2-4H3;6-17H,5,18-19H2,1-4H3. The highest BCUT2D eigenvalue weighted by Gasteiger charge is 2.36. The van der Waals surface area contributed by atoms with Crippen LogP contribution < -0.4 is 74.1 Å². The van der Waals surface area contributed by atoms with Gasteiger partial charge in [-0.25, -0.2) is 0 Å². The van der Waals surface area contributed by atoms with E-state index in [4.69, 9.17) is 74.1 Å². The monoisotopic (exact) mass is 2050 g/mol. The zero-order valence-corrected chi connectivity index (χ0v) is 88.6. The third-order valence-corrected chi connectivity index (χ3v) is 29.3. The molecule has 8 aliphatic heterocycles. The van der Waals surface area contributed by atoms with Gasteiger partial charge >= 0.3 is 30.4 Å². The predicted molar refractivity (Wildman–Crippen MR) is 585 cm³/mol. The highest BCUT2D eigenvalue weighted by atomic mass is 32.2. The van der Waals surface area contributed by atoms with E-state index >= 15 is 0 Å². The van der Waals surface area contributed by atoms with Crippen LogP contribution in [0.5, 0.6) is 92.0 Å². The van der Waals surface area contributed by atoms with Crippen LogP contribution in [0.2, 0.25) is 0 Å². The van der Waals surface area contributed by atoms with Gasteiger partial charge < -0.3 is 74.1 Å². The minimum absolute atomic E-state index is 0.0713. The Bertz CT molecular complexity index is 7760. The smallest absolute Gasteiger partial charge is 0.339 e. The number of hydrogen-bond donors (Lipinski definition) is 0. The van der Waals surface area contributed by atoms with Gasteiger partial charge in [0.15, 0.2) is 17.2 Å². The maximum absolute atomic E-state index is 13.6. The maximum Gasteiger partial charge on any atom is 0.339 e. The molecule has 0 spiro atoms. The van der Waals surface area contributed by atoms with Crippen molar-refractivity contribution in [2.24, 2.45) is 0 Å². The van der Waals surface area contributed by atoms with E-state index < -0.39 is 36.0 Å². The van der Waals surface area contributed by atoms with Crippen molar-refractivity contribution in [1.82, 2.24) is 0 Å². The Kier molecular flexibility index (Phi) is 30.5. The van der Waals surface area contributed by atoms with E-state index in [1.54, 1.807) is 105 Å². The quantitative estimate of drug-likeness (QED) is 0.0251. The number of fused-ring (bicyclic) bond motifs is 12. The SMILES string of the molecule is C=CCOc1ccc(C2=Cc3ccc4c(c3OC2)C=CC(C)(C)O4)c(OS(=O)(=O)c2c(C)cc(C)cc2C)c1.C=CCOc1ccc(C2=Cc3ccc4c(c3OC2)C=CC(C)(C)O4)c(OS(=O)(=O)c2ccc(C)cc2)c1.CCCCOc1ccc(C2=Cc3ccc4c(c3OC2)C=CC(C)(C)O4)c(OS(=O)(=O)c2ccc(C)cc2)c1.CCOc1ccc(C2=Cc3c(C)cc4c(c3OC2)C=CC(C)(C)O4)c(OCc2ccccc2)c1. The molecule has 12 aromatic rings. The molecule has 20 rings (SSSR count). The van der Waals surface area contributed by atoms with E-state index in [1.807, 2.05) is 215 Å². The molecule has 0 unspecified atom stereocenters. The Labute approximate surface area is 868 Å². The van der Waals surface area contributed by atoms with Crippen molar-refractivity contribution in [3.63, 3.8) is 0 Å².